The lowest BCUT2D eigenvalue weighted by Crippen LogP contribution is -2.01. The van der Waals surface area contributed by atoms with Gasteiger partial charge in [0.05, 0.1) is 23.0 Å². The van der Waals surface area contributed by atoms with Crippen LogP contribution in [-0.2, 0) is 0 Å². The molecule has 0 bridgehead atoms. The Labute approximate surface area is 160 Å². The fraction of sp³-hybridized carbons (Fsp3) is 0. The van der Waals surface area contributed by atoms with E-state index in [2.05, 4.69) is 24.8 Å². The van der Waals surface area contributed by atoms with Crippen LogP contribution in [0.3, 0.4) is 0 Å². The fourth-order valence-electron chi connectivity index (χ4n) is 2.25. The van der Waals surface area contributed by atoms with Crippen molar-refractivity contribution in [3.8, 4) is 11.3 Å². The highest BCUT2D eigenvalue weighted by Crippen LogP contribution is 2.30. The molecule has 0 unspecified atom stereocenters. The largest absolute Gasteiger partial charge is 0.382 e. The zero-order chi connectivity index (χ0) is 19.0. The molecule has 0 aliphatic rings. The van der Waals surface area contributed by atoms with E-state index in [0.29, 0.717) is 28.5 Å². The molecule has 3 heterocycles. The Balaban J connectivity index is 1.63. The second-order valence-corrected chi connectivity index (χ2v) is 6.59. The Morgan fingerprint density at radius 1 is 1.07 bits per heavy atom. The van der Waals surface area contributed by atoms with Crippen LogP contribution in [0.5, 0.6) is 0 Å². The van der Waals surface area contributed by atoms with Crippen molar-refractivity contribution >= 4 is 40.8 Å². The third-order valence-corrected chi connectivity index (χ3v) is 4.73. The van der Waals surface area contributed by atoms with Gasteiger partial charge in [0.15, 0.2) is 5.15 Å². The minimum Gasteiger partial charge on any atom is -0.382 e. The molecule has 3 aromatic heterocycles. The van der Waals surface area contributed by atoms with Crippen LogP contribution in [0.15, 0.2) is 47.8 Å². The van der Waals surface area contributed by atoms with E-state index in [1.54, 1.807) is 6.07 Å². The Morgan fingerprint density at radius 3 is 2.70 bits per heavy atom. The number of aromatic nitrogens is 5. The molecule has 4 aromatic rings. The molecule has 136 valence electrons. The van der Waals surface area contributed by atoms with Gasteiger partial charge in [-0.15, -0.1) is 0 Å². The highest BCUT2D eigenvalue weighted by Gasteiger charge is 2.11. The van der Waals surface area contributed by atoms with Crippen molar-refractivity contribution in [2.45, 2.75) is 4.90 Å². The first kappa shape index (κ1) is 17.4. The van der Waals surface area contributed by atoms with Crippen molar-refractivity contribution in [1.29, 1.82) is 0 Å². The molecular weight excluding hydrogens is 396 g/mol. The maximum absolute atomic E-state index is 13.8. The van der Waals surface area contributed by atoms with Gasteiger partial charge in [0, 0.05) is 17.8 Å². The standard InChI is InChI=1S/C16H10ClF2N7S/c17-15-11(25-27-13-2-1-9(18)4-10(13)19)3-8(5-21-15)12-6-22-16-23-7-14(20)26(16)24-12/h1-7,25H,20H2. The molecule has 1 aromatic carbocycles. The monoisotopic (exact) mass is 405 g/mol. The molecule has 0 saturated carbocycles. The number of nitrogens with two attached hydrogens (primary N) is 1. The van der Waals surface area contributed by atoms with Crippen LogP contribution in [0, 0.1) is 11.6 Å². The van der Waals surface area contributed by atoms with Gasteiger partial charge in [-0.25, -0.2) is 23.7 Å². The molecule has 27 heavy (non-hydrogen) atoms. The molecule has 7 nitrogen and oxygen atoms in total. The van der Waals surface area contributed by atoms with Gasteiger partial charge in [0.2, 0.25) is 0 Å². The number of halogens is 3. The molecule has 11 heteroatoms. The average molecular weight is 406 g/mol. The lowest BCUT2D eigenvalue weighted by Gasteiger charge is -2.09. The maximum Gasteiger partial charge on any atom is 0.252 e. The Morgan fingerprint density at radius 2 is 1.89 bits per heavy atom. The summed E-state index contributed by atoms with van der Waals surface area (Å²) < 4.78 is 31.1. The van der Waals surface area contributed by atoms with Gasteiger partial charge in [0.1, 0.15) is 23.1 Å². The van der Waals surface area contributed by atoms with Crippen molar-refractivity contribution in [3.63, 3.8) is 0 Å². The first-order valence-corrected chi connectivity index (χ1v) is 8.71. The van der Waals surface area contributed by atoms with Gasteiger partial charge in [-0.2, -0.15) is 9.61 Å². The molecule has 0 aliphatic carbocycles. The van der Waals surface area contributed by atoms with E-state index in [1.165, 1.54) is 35.2 Å². The van der Waals surface area contributed by atoms with Gasteiger partial charge in [0.25, 0.3) is 5.78 Å². The molecule has 0 atom stereocenters. The van der Waals surface area contributed by atoms with Crippen molar-refractivity contribution < 1.29 is 8.78 Å². The Hall–Kier alpha value is -2.98. The van der Waals surface area contributed by atoms with Crippen LogP contribution in [0.1, 0.15) is 0 Å². The van der Waals surface area contributed by atoms with E-state index in [1.807, 2.05) is 0 Å². The molecule has 0 aliphatic heterocycles. The van der Waals surface area contributed by atoms with Crippen LogP contribution in [0.4, 0.5) is 20.3 Å². The third-order valence-electron chi connectivity index (χ3n) is 3.56. The molecular formula is C16H10ClF2N7S. The Kier molecular flexibility index (Phi) is 4.50. The zero-order valence-electron chi connectivity index (χ0n) is 13.4. The van der Waals surface area contributed by atoms with Crippen molar-refractivity contribution in [2.75, 3.05) is 10.5 Å². The second-order valence-electron chi connectivity index (χ2n) is 5.38. The first-order chi connectivity index (χ1) is 13.0. The minimum absolute atomic E-state index is 0.185. The number of benzene rings is 1. The van der Waals surface area contributed by atoms with Gasteiger partial charge in [-0.1, -0.05) is 11.6 Å². The predicted molar refractivity (Wildman–Crippen MR) is 99.3 cm³/mol. The first-order valence-electron chi connectivity index (χ1n) is 7.51. The Bertz CT molecular complexity index is 1150. The quantitative estimate of drug-likeness (QED) is 0.393. The topological polar surface area (TPSA) is 94.0 Å². The zero-order valence-corrected chi connectivity index (χ0v) is 15.0. The van der Waals surface area contributed by atoms with Gasteiger partial charge in [-0.05, 0) is 30.1 Å². The molecule has 0 saturated heterocycles. The molecule has 0 fully saturated rings. The fourth-order valence-corrected chi connectivity index (χ4v) is 3.13. The van der Waals surface area contributed by atoms with Crippen molar-refractivity contribution in [1.82, 2.24) is 24.6 Å². The van der Waals surface area contributed by atoms with Gasteiger partial charge < -0.3 is 10.5 Å². The van der Waals surface area contributed by atoms with Crippen LogP contribution in [0.2, 0.25) is 5.15 Å². The van der Waals surface area contributed by atoms with E-state index < -0.39 is 11.6 Å². The number of imidazole rings is 1. The summed E-state index contributed by atoms with van der Waals surface area (Å²) in [6.45, 7) is 0. The number of hydrogen-bond donors (Lipinski definition) is 2. The highest BCUT2D eigenvalue weighted by atomic mass is 35.5. The molecule has 0 amide bonds. The van der Waals surface area contributed by atoms with Crippen LogP contribution in [-0.4, -0.2) is 24.6 Å². The van der Waals surface area contributed by atoms with Crippen LogP contribution < -0.4 is 10.5 Å². The summed E-state index contributed by atoms with van der Waals surface area (Å²) in [6.07, 6.45) is 4.52. The van der Waals surface area contributed by atoms with E-state index in [0.717, 1.165) is 18.0 Å². The summed E-state index contributed by atoms with van der Waals surface area (Å²) in [6, 6.07) is 4.99. The number of nitrogens with zero attached hydrogens (tertiary/aromatic N) is 5. The number of anilines is 2. The predicted octanol–water partition coefficient (Wildman–Crippen LogP) is 3.82. The van der Waals surface area contributed by atoms with Crippen molar-refractivity contribution in [2.24, 2.45) is 0 Å². The van der Waals surface area contributed by atoms with Gasteiger partial charge >= 0.3 is 0 Å². The normalized spacial score (nSPS) is 11.1. The summed E-state index contributed by atoms with van der Waals surface area (Å²) in [5.41, 5.74) is 7.34. The summed E-state index contributed by atoms with van der Waals surface area (Å²) >= 11 is 7.05. The maximum atomic E-state index is 13.8. The van der Waals surface area contributed by atoms with E-state index in [-0.39, 0.29) is 10.0 Å². The average Bonchev–Trinajstić information content (AvgIpc) is 3.03. The van der Waals surface area contributed by atoms with Gasteiger partial charge in [-0.3, -0.25) is 0 Å². The summed E-state index contributed by atoms with van der Waals surface area (Å²) in [5, 5.41) is 4.55. The molecule has 4 rings (SSSR count). The number of rotatable bonds is 4. The minimum atomic E-state index is -0.681. The molecule has 0 spiro atoms. The van der Waals surface area contributed by atoms with Crippen LogP contribution >= 0.6 is 23.5 Å². The molecule has 3 N–H and O–H groups in total. The lowest BCUT2D eigenvalue weighted by atomic mass is 10.2. The van der Waals surface area contributed by atoms with Crippen molar-refractivity contribution in [3.05, 3.63) is 59.6 Å². The van der Waals surface area contributed by atoms with E-state index in [9.17, 15) is 8.78 Å². The number of fused-ring (bicyclic) bond motifs is 1. The lowest BCUT2D eigenvalue weighted by molar-refractivity contribution is 0.566. The smallest absolute Gasteiger partial charge is 0.252 e. The second kappa shape index (κ2) is 6.97. The van der Waals surface area contributed by atoms with Crippen LogP contribution in [0.25, 0.3) is 17.0 Å². The van der Waals surface area contributed by atoms with E-state index >= 15 is 0 Å². The number of nitrogens with one attached hydrogen (secondary N) is 1. The highest BCUT2D eigenvalue weighted by molar-refractivity contribution is 8.00. The SMILES string of the molecule is Nc1cnc2ncc(-c3cnc(Cl)c(NSc4ccc(F)cc4F)c3)nn12. The third kappa shape index (κ3) is 3.49. The summed E-state index contributed by atoms with van der Waals surface area (Å²) in [7, 11) is 0. The number of hydrogen-bond acceptors (Lipinski definition) is 7. The number of nitrogen functional groups attached to an aromatic ring is 1. The number of pyridine rings is 1. The summed E-state index contributed by atoms with van der Waals surface area (Å²) in [5.74, 6) is -0.605. The van der Waals surface area contributed by atoms with E-state index in [4.69, 9.17) is 17.3 Å². The summed E-state index contributed by atoms with van der Waals surface area (Å²) in [4.78, 5) is 12.5. The molecule has 0 radical (unpaired) electrons.